The Kier molecular flexibility index (Phi) is 4.66. The van der Waals surface area contributed by atoms with Gasteiger partial charge in [0.25, 0.3) is 15.9 Å². The summed E-state index contributed by atoms with van der Waals surface area (Å²) in [5.74, 6) is 0.262. The summed E-state index contributed by atoms with van der Waals surface area (Å²) in [6, 6.07) is 6.31. The molecule has 2 heterocycles. The highest BCUT2D eigenvalue weighted by Crippen LogP contribution is 2.32. The van der Waals surface area contributed by atoms with Crippen LogP contribution in [0.5, 0.6) is 0 Å². The molecule has 2 aliphatic rings. The van der Waals surface area contributed by atoms with Gasteiger partial charge in [-0.15, -0.1) is 0 Å². The molecule has 8 heteroatoms. The van der Waals surface area contributed by atoms with Crippen molar-refractivity contribution in [3.8, 4) is 0 Å². The zero-order valence-electron chi connectivity index (χ0n) is 12.8. The third kappa shape index (κ3) is 3.12. The fourth-order valence-corrected chi connectivity index (χ4v) is 5.76. The van der Waals surface area contributed by atoms with Crippen molar-refractivity contribution in [1.29, 1.82) is 0 Å². The van der Waals surface area contributed by atoms with Crippen molar-refractivity contribution in [3.63, 3.8) is 0 Å². The molecule has 2 aliphatic heterocycles. The van der Waals surface area contributed by atoms with Crippen molar-refractivity contribution in [2.24, 2.45) is 5.92 Å². The standard InChI is InChI=1S/C15H18N2O3S3/c1-11-6-8-16(9-7-11)15(21)22-10-17-14(18)12-4-2-3-5-13(12)23(17,19)20/h2-5,11H,6-10H2,1H3. The first-order chi connectivity index (χ1) is 10.9. The normalized spacial score (nSPS) is 20.7. The Hall–Kier alpha value is -1.12. The van der Waals surface area contributed by atoms with Gasteiger partial charge in [-0.05, 0) is 30.9 Å². The summed E-state index contributed by atoms with van der Waals surface area (Å²) in [4.78, 5) is 14.5. The molecular formula is C15H18N2O3S3. The molecule has 3 rings (SSSR count). The quantitative estimate of drug-likeness (QED) is 0.746. The minimum Gasteiger partial charge on any atom is -0.357 e. The molecule has 0 N–H and O–H groups in total. The predicted octanol–water partition coefficient (Wildman–Crippen LogP) is 2.54. The third-order valence-electron chi connectivity index (χ3n) is 4.26. The van der Waals surface area contributed by atoms with Crippen LogP contribution in [-0.2, 0) is 10.0 Å². The highest BCUT2D eigenvalue weighted by atomic mass is 32.2. The summed E-state index contributed by atoms with van der Waals surface area (Å²) in [7, 11) is -3.75. The number of piperidine rings is 1. The van der Waals surface area contributed by atoms with Crippen molar-refractivity contribution in [2.75, 3.05) is 19.0 Å². The number of carbonyl (C=O) groups is 1. The molecule has 1 aromatic carbocycles. The molecule has 0 radical (unpaired) electrons. The fourth-order valence-electron chi connectivity index (χ4n) is 2.75. The van der Waals surface area contributed by atoms with Crippen molar-refractivity contribution in [2.45, 2.75) is 24.7 Å². The topological polar surface area (TPSA) is 57.7 Å². The lowest BCUT2D eigenvalue weighted by Gasteiger charge is -2.32. The molecule has 0 spiro atoms. The summed E-state index contributed by atoms with van der Waals surface area (Å²) in [5, 5.41) is 0. The van der Waals surface area contributed by atoms with E-state index >= 15 is 0 Å². The number of hydrogen-bond acceptors (Lipinski definition) is 5. The van der Waals surface area contributed by atoms with Gasteiger partial charge in [0, 0.05) is 13.1 Å². The average molecular weight is 371 g/mol. The second-order valence-corrected chi connectivity index (χ2v) is 9.27. The number of nitrogens with zero attached hydrogens (tertiary/aromatic N) is 2. The van der Waals surface area contributed by atoms with Gasteiger partial charge in [-0.1, -0.05) is 43.0 Å². The maximum absolute atomic E-state index is 12.5. The van der Waals surface area contributed by atoms with E-state index in [0.717, 1.165) is 30.2 Å². The summed E-state index contributed by atoms with van der Waals surface area (Å²) in [6.45, 7) is 4.02. The molecular weight excluding hydrogens is 352 g/mol. The van der Waals surface area contributed by atoms with Crippen LogP contribution in [0.1, 0.15) is 30.1 Å². The Labute approximate surface area is 146 Å². The minimum atomic E-state index is -3.75. The Balaban J connectivity index is 1.68. The van der Waals surface area contributed by atoms with Gasteiger partial charge < -0.3 is 4.90 Å². The van der Waals surface area contributed by atoms with Gasteiger partial charge in [0.2, 0.25) is 0 Å². The van der Waals surface area contributed by atoms with E-state index in [9.17, 15) is 13.2 Å². The molecule has 0 saturated carbocycles. The maximum atomic E-state index is 12.5. The number of rotatable bonds is 2. The fraction of sp³-hybridized carbons (Fsp3) is 0.467. The lowest BCUT2D eigenvalue weighted by atomic mass is 10.00. The predicted molar refractivity (Wildman–Crippen MR) is 94.8 cm³/mol. The summed E-state index contributed by atoms with van der Waals surface area (Å²) < 4.78 is 26.5. The second-order valence-electron chi connectivity index (χ2n) is 5.86. The average Bonchev–Trinajstić information content (AvgIpc) is 2.73. The molecule has 0 atom stereocenters. The Bertz CT molecular complexity index is 740. The number of likely N-dealkylation sites (tertiary alicyclic amines) is 1. The molecule has 1 fully saturated rings. The van der Waals surface area contributed by atoms with Crippen LogP contribution in [0.4, 0.5) is 0 Å². The number of thiocarbonyl (C=S) groups is 1. The lowest BCUT2D eigenvalue weighted by Crippen LogP contribution is -2.37. The molecule has 1 amide bonds. The summed E-state index contributed by atoms with van der Waals surface area (Å²) in [5.41, 5.74) is 0.241. The minimum absolute atomic E-state index is 0.0285. The van der Waals surface area contributed by atoms with E-state index in [4.69, 9.17) is 12.2 Å². The van der Waals surface area contributed by atoms with Crippen LogP contribution < -0.4 is 0 Å². The van der Waals surface area contributed by atoms with Gasteiger partial charge in [-0.25, -0.2) is 12.7 Å². The van der Waals surface area contributed by atoms with E-state index in [1.54, 1.807) is 18.2 Å². The first-order valence-electron chi connectivity index (χ1n) is 7.49. The van der Waals surface area contributed by atoms with Crippen LogP contribution in [0.2, 0.25) is 0 Å². The van der Waals surface area contributed by atoms with Crippen LogP contribution in [0.15, 0.2) is 29.2 Å². The van der Waals surface area contributed by atoms with Gasteiger partial charge >= 0.3 is 0 Å². The van der Waals surface area contributed by atoms with Gasteiger partial charge in [0.05, 0.1) is 11.4 Å². The molecule has 124 valence electrons. The van der Waals surface area contributed by atoms with E-state index in [2.05, 4.69) is 11.8 Å². The van der Waals surface area contributed by atoms with Gasteiger partial charge in [-0.3, -0.25) is 4.79 Å². The van der Waals surface area contributed by atoms with Crippen LogP contribution in [0.3, 0.4) is 0 Å². The van der Waals surface area contributed by atoms with E-state index in [-0.39, 0.29) is 16.3 Å². The van der Waals surface area contributed by atoms with Gasteiger partial charge in [0.15, 0.2) is 0 Å². The van der Waals surface area contributed by atoms with E-state index < -0.39 is 15.9 Å². The maximum Gasteiger partial charge on any atom is 0.269 e. The second kappa shape index (κ2) is 6.41. The molecule has 0 unspecified atom stereocenters. The monoisotopic (exact) mass is 370 g/mol. The van der Waals surface area contributed by atoms with E-state index in [1.165, 1.54) is 17.8 Å². The zero-order chi connectivity index (χ0) is 16.6. The number of carbonyl (C=O) groups excluding carboxylic acids is 1. The smallest absolute Gasteiger partial charge is 0.269 e. The number of sulfonamides is 1. The Morgan fingerprint density at radius 3 is 2.61 bits per heavy atom. The highest BCUT2D eigenvalue weighted by Gasteiger charge is 2.41. The SMILES string of the molecule is CC1CCN(C(=S)SCN2C(=O)c3ccccc3S2(=O)=O)CC1. The first kappa shape index (κ1) is 16.7. The molecule has 1 aromatic rings. The molecule has 23 heavy (non-hydrogen) atoms. The van der Waals surface area contributed by atoms with E-state index in [0.29, 0.717) is 10.2 Å². The molecule has 5 nitrogen and oxygen atoms in total. The first-order valence-corrected chi connectivity index (χ1v) is 10.3. The van der Waals surface area contributed by atoms with Crippen molar-refractivity contribution < 1.29 is 13.2 Å². The van der Waals surface area contributed by atoms with Crippen LogP contribution >= 0.6 is 24.0 Å². The number of benzene rings is 1. The van der Waals surface area contributed by atoms with E-state index in [1.807, 2.05) is 0 Å². The zero-order valence-corrected chi connectivity index (χ0v) is 15.2. The molecule has 0 aromatic heterocycles. The van der Waals surface area contributed by atoms with Crippen molar-refractivity contribution >= 4 is 44.2 Å². The molecule has 0 aliphatic carbocycles. The van der Waals surface area contributed by atoms with Crippen LogP contribution in [0, 0.1) is 5.92 Å². The lowest BCUT2D eigenvalue weighted by molar-refractivity contribution is 0.0887. The Morgan fingerprint density at radius 1 is 1.30 bits per heavy atom. The van der Waals surface area contributed by atoms with Crippen molar-refractivity contribution in [1.82, 2.24) is 9.21 Å². The van der Waals surface area contributed by atoms with Gasteiger partial charge in [0.1, 0.15) is 9.22 Å². The number of thioether (sulfide) groups is 1. The van der Waals surface area contributed by atoms with Gasteiger partial charge in [-0.2, -0.15) is 0 Å². The summed E-state index contributed by atoms with van der Waals surface area (Å²) in [6.07, 6.45) is 2.18. The molecule has 0 bridgehead atoms. The number of fused-ring (bicyclic) bond motifs is 1. The van der Waals surface area contributed by atoms with Crippen LogP contribution in [-0.4, -0.2) is 46.8 Å². The largest absolute Gasteiger partial charge is 0.357 e. The third-order valence-corrected chi connectivity index (χ3v) is 7.71. The van der Waals surface area contributed by atoms with Crippen LogP contribution in [0.25, 0.3) is 0 Å². The molecule has 1 saturated heterocycles. The number of hydrogen-bond donors (Lipinski definition) is 0. The summed E-state index contributed by atoms with van der Waals surface area (Å²) >= 11 is 6.64. The van der Waals surface area contributed by atoms with Crippen molar-refractivity contribution in [3.05, 3.63) is 29.8 Å². The highest BCUT2D eigenvalue weighted by molar-refractivity contribution is 8.23. The number of amides is 1. The Morgan fingerprint density at radius 2 is 1.96 bits per heavy atom.